The van der Waals surface area contributed by atoms with Gasteiger partial charge >= 0.3 is 5.97 Å². The van der Waals surface area contributed by atoms with E-state index in [4.69, 9.17) is 9.47 Å². The highest BCUT2D eigenvalue weighted by Gasteiger charge is 2.19. The standard InChI is InChI=1S/C19H19FN2O6/c1-22(10-16(23)21-13-8-6-12(20)7-9-13)17(24)11-28-19(26)14-4-3-5-15(27-2)18(14)25/h3-9,25H,10-11H2,1-2H3,(H,21,23). The zero-order valence-electron chi connectivity index (χ0n) is 15.3. The number of carbonyl (C=O) groups is 3. The number of esters is 1. The van der Waals surface area contributed by atoms with Gasteiger partial charge in [-0.05, 0) is 36.4 Å². The summed E-state index contributed by atoms with van der Waals surface area (Å²) in [4.78, 5) is 37.1. The maximum Gasteiger partial charge on any atom is 0.342 e. The van der Waals surface area contributed by atoms with Crippen molar-refractivity contribution in [2.24, 2.45) is 0 Å². The Morgan fingerprint density at radius 1 is 1.14 bits per heavy atom. The molecule has 0 saturated heterocycles. The molecule has 2 rings (SSSR count). The van der Waals surface area contributed by atoms with E-state index in [1.54, 1.807) is 0 Å². The van der Waals surface area contributed by atoms with Gasteiger partial charge in [0.2, 0.25) is 5.91 Å². The third kappa shape index (κ3) is 5.44. The highest BCUT2D eigenvalue weighted by Crippen LogP contribution is 2.29. The highest BCUT2D eigenvalue weighted by atomic mass is 19.1. The molecule has 148 valence electrons. The smallest absolute Gasteiger partial charge is 0.342 e. The Labute approximate surface area is 160 Å². The first-order chi connectivity index (χ1) is 13.3. The van der Waals surface area contributed by atoms with E-state index >= 15 is 0 Å². The molecule has 0 aromatic heterocycles. The predicted octanol–water partition coefficient (Wildman–Crippen LogP) is 1.79. The minimum Gasteiger partial charge on any atom is -0.504 e. The van der Waals surface area contributed by atoms with Crippen LogP contribution >= 0.6 is 0 Å². The van der Waals surface area contributed by atoms with E-state index in [-0.39, 0.29) is 17.9 Å². The zero-order valence-corrected chi connectivity index (χ0v) is 15.3. The molecule has 0 fully saturated rings. The second-order valence-electron chi connectivity index (χ2n) is 5.74. The number of methoxy groups -OCH3 is 1. The van der Waals surface area contributed by atoms with Crippen LogP contribution in [0, 0.1) is 5.82 Å². The molecule has 0 radical (unpaired) electrons. The highest BCUT2D eigenvalue weighted by molar-refractivity contribution is 5.96. The molecule has 0 aliphatic carbocycles. The van der Waals surface area contributed by atoms with E-state index in [1.807, 2.05) is 0 Å². The van der Waals surface area contributed by atoms with Crippen LogP contribution in [0.5, 0.6) is 11.5 Å². The lowest BCUT2D eigenvalue weighted by Crippen LogP contribution is -2.37. The normalized spacial score (nSPS) is 10.1. The summed E-state index contributed by atoms with van der Waals surface area (Å²) < 4.78 is 22.6. The molecular weight excluding hydrogens is 371 g/mol. The van der Waals surface area contributed by atoms with E-state index < -0.39 is 36.0 Å². The van der Waals surface area contributed by atoms with Gasteiger partial charge in [0.25, 0.3) is 5.91 Å². The molecule has 2 aromatic rings. The van der Waals surface area contributed by atoms with Crippen molar-refractivity contribution in [3.05, 3.63) is 53.8 Å². The molecule has 2 aromatic carbocycles. The maximum absolute atomic E-state index is 12.9. The fourth-order valence-corrected chi connectivity index (χ4v) is 2.20. The number of hydrogen-bond donors (Lipinski definition) is 2. The lowest BCUT2D eigenvalue weighted by Gasteiger charge is -2.17. The van der Waals surface area contributed by atoms with Gasteiger partial charge in [0.1, 0.15) is 11.4 Å². The van der Waals surface area contributed by atoms with Crippen LogP contribution in [-0.2, 0) is 14.3 Å². The van der Waals surface area contributed by atoms with E-state index in [0.29, 0.717) is 5.69 Å². The maximum atomic E-state index is 12.9. The second-order valence-corrected chi connectivity index (χ2v) is 5.74. The first-order valence-electron chi connectivity index (χ1n) is 8.14. The summed E-state index contributed by atoms with van der Waals surface area (Å²) in [7, 11) is 2.70. The molecule has 28 heavy (non-hydrogen) atoms. The number of nitrogens with zero attached hydrogens (tertiary/aromatic N) is 1. The van der Waals surface area contributed by atoms with Gasteiger partial charge in [-0.2, -0.15) is 0 Å². The number of rotatable bonds is 7. The van der Waals surface area contributed by atoms with Crippen molar-refractivity contribution in [1.29, 1.82) is 0 Å². The van der Waals surface area contributed by atoms with E-state index in [2.05, 4.69) is 5.32 Å². The number of phenolic OH excluding ortho intramolecular Hbond substituents is 1. The molecule has 0 aliphatic rings. The Bertz CT molecular complexity index is 869. The number of hydrogen-bond acceptors (Lipinski definition) is 6. The van der Waals surface area contributed by atoms with Gasteiger partial charge in [0.15, 0.2) is 18.1 Å². The molecule has 0 heterocycles. The Hall–Kier alpha value is -3.62. The van der Waals surface area contributed by atoms with Crippen LogP contribution in [0.1, 0.15) is 10.4 Å². The number of aromatic hydroxyl groups is 1. The first kappa shape index (κ1) is 20.7. The van der Waals surface area contributed by atoms with Crippen LogP contribution in [0.15, 0.2) is 42.5 Å². The van der Waals surface area contributed by atoms with Gasteiger partial charge in [0, 0.05) is 12.7 Å². The van der Waals surface area contributed by atoms with Gasteiger partial charge < -0.3 is 24.8 Å². The van der Waals surface area contributed by atoms with Crippen LogP contribution in [0.2, 0.25) is 0 Å². The largest absolute Gasteiger partial charge is 0.504 e. The molecule has 0 saturated carbocycles. The van der Waals surface area contributed by atoms with Crippen LogP contribution in [0.4, 0.5) is 10.1 Å². The molecule has 0 spiro atoms. The predicted molar refractivity (Wildman–Crippen MR) is 97.6 cm³/mol. The second kappa shape index (κ2) is 9.36. The number of amides is 2. The number of anilines is 1. The van der Waals surface area contributed by atoms with E-state index in [9.17, 15) is 23.9 Å². The summed E-state index contributed by atoms with van der Waals surface area (Å²) in [5, 5.41) is 12.4. The monoisotopic (exact) mass is 390 g/mol. The SMILES string of the molecule is COc1cccc(C(=O)OCC(=O)N(C)CC(=O)Nc2ccc(F)cc2)c1O. The van der Waals surface area contributed by atoms with Crippen molar-refractivity contribution >= 4 is 23.5 Å². The number of benzene rings is 2. The fourth-order valence-electron chi connectivity index (χ4n) is 2.20. The molecule has 0 bridgehead atoms. The van der Waals surface area contributed by atoms with Gasteiger partial charge in [-0.3, -0.25) is 9.59 Å². The lowest BCUT2D eigenvalue weighted by molar-refractivity contribution is -0.136. The molecule has 0 atom stereocenters. The fraction of sp³-hybridized carbons (Fsp3) is 0.211. The number of phenols is 1. The van der Waals surface area contributed by atoms with Gasteiger partial charge in [0.05, 0.1) is 13.7 Å². The van der Waals surface area contributed by atoms with Crippen LogP contribution < -0.4 is 10.1 Å². The summed E-state index contributed by atoms with van der Waals surface area (Å²) >= 11 is 0. The Balaban J connectivity index is 1.85. The number of nitrogens with one attached hydrogen (secondary N) is 1. The Kier molecular flexibility index (Phi) is 6.91. The molecule has 0 unspecified atom stereocenters. The summed E-state index contributed by atoms with van der Waals surface area (Å²) in [5.41, 5.74) is 0.232. The molecule has 0 aliphatic heterocycles. The van der Waals surface area contributed by atoms with Gasteiger partial charge in [-0.25, -0.2) is 9.18 Å². The van der Waals surface area contributed by atoms with Gasteiger partial charge in [-0.15, -0.1) is 0 Å². The molecule has 9 heteroatoms. The number of carbonyl (C=O) groups excluding carboxylic acids is 3. The third-order valence-electron chi connectivity index (χ3n) is 3.70. The van der Waals surface area contributed by atoms with Crippen LogP contribution in [0.25, 0.3) is 0 Å². The van der Waals surface area contributed by atoms with Crippen molar-refractivity contribution in [1.82, 2.24) is 4.90 Å². The Morgan fingerprint density at radius 3 is 2.46 bits per heavy atom. The summed E-state index contributed by atoms with van der Waals surface area (Å²) in [6, 6.07) is 9.43. The number of ether oxygens (including phenoxy) is 2. The first-order valence-corrected chi connectivity index (χ1v) is 8.14. The van der Waals surface area contributed by atoms with Crippen LogP contribution in [-0.4, -0.2) is 55.1 Å². The minimum absolute atomic E-state index is 0.0929. The summed E-state index contributed by atoms with van der Waals surface area (Å²) in [6.07, 6.45) is 0. The van der Waals surface area contributed by atoms with Crippen molar-refractivity contribution in [2.75, 3.05) is 32.6 Å². The van der Waals surface area contributed by atoms with Crippen molar-refractivity contribution in [3.63, 3.8) is 0 Å². The molecule has 2 amide bonds. The van der Waals surface area contributed by atoms with Crippen molar-refractivity contribution < 1.29 is 33.4 Å². The lowest BCUT2D eigenvalue weighted by atomic mass is 10.2. The Morgan fingerprint density at radius 2 is 1.82 bits per heavy atom. The summed E-state index contributed by atoms with van der Waals surface area (Å²) in [5.74, 6) is -2.77. The number of likely N-dealkylation sites (N-methyl/N-ethyl adjacent to an activating group) is 1. The summed E-state index contributed by atoms with van der Waals surface area (Å²) in [6.45, 7) is -0.909. The average molecular weight is 390 g/mol. The van der Waals surface area contributed by atoms with E-state index in [0.717, 1.165) is 4.90 Å². The minimum atomic E-state index is -0.908. The van der Waals surface area contributed by atoms with Crippen molar-refractivity contribution in [2.45, 2.75) is 0 Å². The third-order valence-corrected chi connectivity index (χ3v) is 3.70. The average Bonchev–Trinajstić information content (AvgIpc) is 2.67. The number of halogens is 1. The topological polar surface area (TPSA) is 105 Å². The van der Waals surface area contributed by atoms with Gasteiger partial charge in [-0.1, -0.05) is 6.07 Å². The molecular formula is C19H19FN2O6. The number of para-hydroxylation sites is 1. The van der Waals surface area contributed by atoms with E-state index in [1.165, 1.54) is 56.6 Å². The van der Waals surface area contributed by atoms with Crippen LogP contribution in [0.3, 0.4) is 0 Å². The molecule has 2 N–H and O–H groups in total. The van der Waals surface area contributed by atoms with Crippen molar-refractivity contribution in [3.8, 4) is 11.5 Å². The zero-order chi connectivity index (χ0) is 20.7. The molecule has 8 nitrogen and oxygen atoms in total. The quantitative estimate of drug-likeness (QED) is 0.699.